The lowest BCUT2D eigenvalue weighted by Gasteiger charge is -2.15. The van der Waals surface area contributed by atoms with Gasteiger partial charge in [0.15, 0.2) is 0 Å². The van der Waals surface area contributed by atoms with Crippen molar-refractivity contribution in [1.29, 1.82) is 0 Å². The van der Waals surface area contributed by atoms with Crippen LogP contribution in [0.1, 0.15) is 15.9 Å². The molecule has 0 bridgehead atoms. The molecule has 0 spiro atoms. The van der Waals surface area contributed by atoms with Crippen LogP contribution in [0.15, 0.2) is 36.4 Å². The first kappa shape index (κ1) is 17.1. The highest BCUT2D eigenvalue weighted by Crippen LogP contribution is 2.40. The van der Waals surface area contributed by atoms with Gasteiger partial charge in [0, 0.05) is 5.56 Å². The Kier molecular flexibility index (Phi) is 4.85. The zero-order valence-electron chi connectivity index (χ0n) is 12.2. The summed E-state index contributed by atoms with van der Waals surface area (Å²) in [5, 5.41) is -0.421. The van der Waals surface area contributed by atoms with Gasteiger partial charge in [0.05, 0.1) is 30.4 Å². The summed E-state index contributed by atoms with van der Waals surface area (Å²) in [4.78, 5) is 11.9. The maximum absolute atomic E-state index is 13.0. The zero-order chi connectivity index (χ0) is 17.2. The van der Waals surface area contributed by atoms with E-state index in [9.17, 15) is 18.0 Å². The number of alkyl halides is 3. The second-order valence-corrected chi connectivity index (χ2v) is 4.97. The van der Waals surface area contributed by atoms with Gasteiger partial charge in [-0.15, -0.1) is 0 Å². The number of rotatable bonds is 3. The topological polar surface area (TPSA) is 35.5 Å². The number of carbonyl (C=O) groups is 1. The maximum atomic E-state index is 13.0. The van der Waals surface area contributed by atoms with E-state index in [-0.39, 0.29) is 22.4 Å². The molecule has 2 aromatic rings. The van der Waals surface area contributed by atoms with E-state index >= 15 is 0 Å². The molecule has 122 valence electrons. The zero-order valence-corrected chi connectivity index (χ0v) is 13.0. The molecule has 0 fully saturated rings. The standard InChI is InChI=1S/C16H12ClF3O3/c1-22-13-5-3-4-10(15(21)23-2)14(13)9-6-7-12(17)11(8-9)16(18,19)20/h3-8H,1-2H3. The van der Waals surface area contributed by atoms with Crippen LogP contribution in [0.25, 0.3) is 11.1 Å². The minimum absolute atomic E-state index is 0.0993. The van der Waals surface area contributed by atoms with E-state index in [0.717, 1.165) is 12.1 Å². The Morgan fingerprint density at radius 1 is 1.13 bits per heavy atom. The third-order valence-electron chi connectivity index (χ3n) is 3.21. The molecule has 2 aromatic carbocycles. The summed E-state index contributed by atoms with van der Waals surface area (Å²) < 4.78 is 49.0. The molecule has 0 heterocycles. The van der Waals surface area contributed by atoms with Crippen LogP contribution in [0.3, 0.4) is 0 Å². The van der Waals surface area contributed by atoms with Gasteiger partial charge in [-0.05, 0) is 29.8 Å². The number of methoxy groups -OCH3 is 2. The van der Waals surface area contributed by atoms with Crippen LogP contribution in [0.5, 0.6) is 5.75 Å². The third-order valence-corrected chi connectivity index (χ3v) is 3.54. The summed E-state index contributed by atoms with van der Waals surface area (Å²) in [5.74, 6) is -0.425. The number of hydrogen-bond donors (Lipinski definition) is 0. The molecular weight excluding hydrogens is 333 g/mol. The Balaban J connectivity index is 2.74. The average Bonchev–Trinajstić information content (AvgIpc) is 2.52. The maximum Gasteiger partial charge on any atom is 0.417 e. The van der Waals surface area contributed by atoms with Crippen LogP contribution in [0.2, 0.25) is 5.02 Å². The summed E-state index contributed by atoms with van der Waals surface area (Å²) >= 11 is 5.63. The van der Waals surface area contributed by atoms with Gasteiger partial charge in [-0.25, -0.2) is 4.79 Å². The van der Waals surface area contributed by atoms with E-state index < -0.39 is 22.7 Å². The Morgan fingerprint density at radius 3 is 2.39 bits per heavy atom. The second-order valence-electron chi connectivity index (χ2n) is 4.57. The van der Waals surface area contributed by atoms with E-state index in [1.54, 1.807) is 12.1 Å². The average molecular weight is 345 g/mol. The molecule has 0 amide bonds. The third kappa shape index (κ3) is 3.42. The van der Waals surface area contributed by atoms with E-state index in [4.69, 9.17) is 16.3 Å². The molecular formula is C16H12ClF3O3. The molecule has 2 rings (SSSR count). The predicted octanol–water partition coefficient (Wildman–Crippen LogP) is 4.82. The second kappa shape index (κ2) is 6.50. The van der Waals surface area contributed by atoms with Gasteiger partial charge in [0.1, 0.15) is 5.75 Å². The lowest BCUT2D eigenvalue weighted by molar-refractivity contribution is -0.137. The Labute approximate surface area is 135 Å². The van der Waals surface area contributed by atoms with E-state index in [1.807, 2.05) is 0 Å². The lowest BCUT2D eigenvalue weighted by Crippen LogP contribution is -2.08. The highest BCUT2D eigenvalue weighted by molar-refractivity contribution is 6.31. The number of halogens is 4. The summed E-state index contributed by atoms with van der Waals surface area (Å²) in [6, 6.07) is 7.95. The van der Waals surface area contributed by atoms with Crippen molar-refractivity contribution in [2.75, 3.05) is 14.2 Å². The predicted molar refractivity (Wildman–Crippen MR) is 79.8 cm³/mol. The molecule has 0 aliphatic heterocycles. The van der Waals surface area contributed by atoms with Crippen molar-refractivity contribution in [3.8, 4) is 16.9 Å². The summed E-state index contributed by atoms with van der Waals surface area (Å²) in [6.45, 7) is 0. The van der Waals surface area contributed by atoms with Crippen LogP contribution in [0, 0.1) is 0 Å². The molecule has 0 saturated carbocycles. The molecule has 0 atom stereocenters. The fourth-order valence-corrected chi connectivity index (χ4v) is 2.40. The van der Waals surface area contributed by atoms with Crippen molar-refractivity contribution >= 4 is 17.6 Å². The number of hydrogen-bond acceptors (Lipinski definition) is 3. The van der Waals surface area contributed by atoms with Gasteiger partial charge in [-0.2, -0.15) is 13.2 Å². The Bertz CT molecular complexity index is 742. The van der Waals surface area contributed by atoms with Crippen molar-refractivity contribution in [3.63, 3.8) is 0 Å². The molecule has 7 heteroatoms. The fourth-order valence-electron chi connectivity index (χ4n) is 2.18. The van der Waals surface area contributed by atoms with Gasteiger partial charge in [0.2, 0.25) is 0 Å². The number of ether oxygens (including phenoxy) is 2. The van der Waals surface area contributed by atoms with Crippen molar-refractivity contribution in [1.82, 2.24) is 0 Å². The van der Waals surface area contributed by atoms with E-state index in [1.165, 1.54) is 26.4 Å². The lowest BCUT2D eigenvalue weighted by atomic mass is 9.96. The van der Waals surface area contributed by atoms with Gasteiger partial charge in [0.25, 0.3) is 0 Å². The van der Waals surface area contributed by atoms with Crippen LogP contribution in [0.4, 0.5) is 13.2 Å². The molecule has 3 nitrogen and oxygen atoms in total. The fraction of sp³-hybridized carbons (Fsp3) is 0.188. The van der Waals surface area contributed by atoms with Crippen LogP contribution in [-0.2, 0) is 10.9 Å². The minimum atomic E-state index is -4.61. The molecule has 0 saturated heterocycles. The summed E-state index contributed by atoms with van der Waals surface area (Å²) in [6.07, 6.45) is -4.61. The van der Waals surface area contributed by atoms with E-state index in [0.29, 0.717) is 0 Å². The minimum Gasteiger partial charge on any atom is -0.496 e. The highest BCUT2D eigenvalue weighted by atomic mass is 35.5. The summed E-state index contributed by atoms with van der Waals surface area (Å²) in [7, 11) is 2.55. The number of carbonyl (C=O) groups excluding carboxylic acids is 1. The van der Waals surface area contributed by atoms with Crippen LogP contribution in [-0.4, -0.2) is 20.2 Å². The van der Waals surface area contributed by atoms with Crippen molar-refractivity contribution in [2.45, 2.75) is 6.18 Å². The van der Waals surface area contributed by atoms with Gasteiger partial charge < -0.3 is 9.47 Å². The van der Waals surface area contributed by atoms with Crippen molar-refractivity contribution < 1.29 is 27.4 Å². The monoisotopic (exact) mass is 344 g/mol. The smallest absolute Gasteiger partial charge is 0.417 e. The molecule has 0 unspecified atom stereocenters. The van der Waals surface area contributed by atoms with Crippen molar-refractivity contribution in [3.05, 3.63) is 52.5 Å². The SMILES string of the molecule is COC(=O)c1cccc(OC)c1-c1ccc(Cl)c(C(F)(F)F)c1. The quantitative estimate of drug-likeness (QED) is 0.749. The Hall–Kier alpha value is -2.21. The molecule has 0 aliphatic rings. The molecule has 0 aromatic heterocycles. The molecule has 0 radical (unpaired) electrons. The van der Waals surface area contributed by atoms with Crippen LogP contribution >= 0.6 is 11.6 Å². The Morgan fingerprint density at radius 2 is 1.83 bits per heavy atom. The number of esters is 1. The summed E-state index contributed by atoms with van der Waals surface area (Å²) in [5.41, 5.74) is -0.524. The number of benzene rings is 2. The van der Waals surface area contributed by atoms with Crippen molar-refractivity contribution in [2.24, 2.45) is 0 Å². The van der Waals surface area contributed by atoms with Gasteiger partial charge in [-0.1, -0.05) is 23.7 Å². The molecule has 23 heavy (non-hydrogen) atoms. The largest absolute Gasteiger partial charge is 0.496 e. The first-order valence-corrected chi connectivity index (χ1v) is 6.79. The molecule has 0 N–H and O–H groups in total. The first-order chi connectivity index (χ1) is 10.8. The first-order valence-electron chi connectivity index (χ1n) is 6.42. The van der Waals surface area contributed by atoms with Crippen LogP contribution < -0.4 is 4.74 Å². The van der Waals surface area contributed by atoms with E-state index in [2.05, 4.69) is 4.74 Å². The highest BCUT2D eigenvalue weighted by Gasteiger charge is 2.34. The molecule has 0 aliphatic carbocycles. The van der Waals surface area contributed by atoms with Gasteiger partial charge in [-0.3, -0.25) is 0 Å². The van der Waals surface area contributed by atoms with Gasteiger partial charge >= 0.3 is 12.1 Å². The normalized spacial score (nSPS) is 11.2.